The van der Waals surface area contributed by atoms with E-state index in [-0.39, 0.29) is 49.5 Å². The van der Waals surface area contributed by atoms with Crippen molar-refractivity contribution in [3.05, 3.63) is 59.2 Å². The first-order valence-corrected chi connectivity index (χ1v) is 10.9. The lowest BCUT2D eigenvalue weighted by molar-refractivity contribution is -0.142. The number of amides is 2. The Balaban J connectivity index is 1.42. The molecule has 3 N–H and O–H groups in total. The maximum Gasteiger partial charge on any atom is 0.250 e. The van der Waals surface area contributed by atoms with E-state index in [2.05, 4.69) is 10.6 Å². The Bertz CT molecular complexity index is 1070. The third-order valence-corrected chi connectivity index (χ3v) is 5.96. The number of carbonyl (C=O) groups is 2. The van der Waals surface area contributed by atoms with E-state index in [1.54, 1.807) is 12.1 Å². The van der Waals surface area contributed by atoms with Crippen LogP contribution in [0.5, 0.6) is 5.75 Å². The zero-order chi connectivity index (χ0) is 24.2. The van der Waals surface area contributed by atoms with Crippen LogP contribution >= 0.6 is 0 Å². The number of hydrogen-bond acceptors (Lipinski definition) is 6. The van der Waals surface area contributed by atoms with Gasteiger partial charge in [-0.15, -0.1) is 0 Å². The van der Waals surface area contributed by atoms with Crippen LogP contribution in [0, 0.1) is 11.6 Å². The molecule has 34 heavy (non-hydrogen) atoms. The fourth-order valence-corrected chi connectivity index (χ4v) is 4.45. The van der Waals surface area contributed by atoms with Gasteiger partial charge < -0.3 is 30.0 Å². The molecule has 0 radical (unpaired) electrons. The molecule has 4 atom stereocenters. The standard InChI is InChI=1S/C24H26F2N2O6/c1-32-12-23(31)28-15-3-5-20-17(7-15)18-8-16(33-21(11-29)24(18)34-20)9-22(30)27-10-13-6-14(25)2-4-19(13)26/h2-7,16,18,21,24,29H,8-12H2,1H3,(H,27,30)(H,28,31)/t16-,18-,21+,24+/m1/s1. The van der Waals surface area contributed by atoms with E-state index in [9.17, 15) is 23.5 Å². The highest BCUT2D eigenvalue weighted by Crippen LogP contribution is 2.47. The molecular weight excluding hydrogens is 450 g/mol. The summed E-state index contributed by atoms with van der Waals surface area (Å²) in [6.45, 7) is -0.517. The average Bonchev–Trinajstić information content (AvgIpc) is 3.17. The normalized spacial score (nSPS) is 22.9. The number of aliphatic hydroxyl groups excluding tert-OH is 1. The molecule has 182 valence electrons. The minimum absolute atomic E-state index is 0.0176. The summed E-state index contributed by atoms with van der Waals surface area (Å²) in [5, 5.41) is 15.2. The van der Waals surface area contributed by atoms with Gasteiger partial charge >= 0.3 is 0 Å². The maximum absolute atomic E-state index is 13.8. The molecule has 4 rings (SSSR count). The molecule has 10 heteroatoms. The molecule has 0 aromatic heterocycles. The van der Waals surface area contributed by atoms with Crippen LogP contribution < -0.4 is 15.4 Å². The van der Waals surface area contributed by atoms with E-state index < -0.39 is 29.9 Å². The average molecular weight is 476 g/mol. The second kappa shape index (κ2) is 10.5. The van der Waals surface area contributed by atoms with Crippen LogP contribution in [-0.2, 0) is 25.6 Å². The molecule has 2 amide bonds. The molecule has 0 unspecified atom stereocenters. The lowest BCUT2D eigenvalue weighted by Crippen LogP contribution is -2.47. The molecule has 8 nitrogen and oxygen atoms in total. The van der Waals surface area contributed by atoms with Crippen molar-refractivity contribution in [3.8, 4) is 5.75 Å². The van der Waals surface area contributed by atoms with Gasteiger partial charge in [-0.05, 0) is 42.8 Å². The Morgan fingerprint density at radius 2 is 2.00 bits per heavy atom. The van der Waals surface area contributed by atoms with Gasteiger partial charge in [-0.25, -0.2) is 8.78 Å². The fraction of sp³-hybridized carbons (Fsp3) is 0.417. The minimum atomic E-state index is -0.642. The summed E-state index contributed by atoms with van der Waals surface area (Å²) in [6.07, 6.45) is -1.15. The first-order valence-electron chi connectivity index (χ1n) is 10.9. The quantitative estimate of drug-likeness (QED) is 0.540. The van der Waals surface area contributed by atoms with E-state index in [0.29, 0.717) is 17.9 Å². The summed E-state index contributed by atoms with van der Waals surface area (Å²) in [7, 11) is 1.43. The predicted octanol–water partition coefficient (Wildman–Crippen LogP) is 2.25. The number of hydrogen-bond donors (Lipinski definition) is 3. The second-order valence-electron chi connectivity index (χ2n) is 8.35. The van der Waals surface area contributed by atoms with Crippen molar-refractivity contribution in [2.75, 3.05) is 25.6 Å². The largest absolute Gasteiger partial charge is 0.487 e. The summed E-state index contributed by atoms with van der Waals surface area (Å²) in [6, 6.07) is 8.34. The van der Waals surface area contributed by atoms with Gasteiger partial charge in [0.1, 0.15) is 36.2 Å². The van der Waals surface area contributed by atoms with Gasteiger partial charge in [0.05, 0.1) is 19.1 Å². The number of anilines is 1. The maximum atomic E-state index is 13.8. The molecule has 0 aliphatic carbocycles. The molecule has 2 aromatic rings. The SMILES string of the molecule is COCC(=O)Nc1ccc2c(c1)[C@H]1C[C@H](CC(=O)NCc3cc(F)ccc3F)O[C@@H](CO)[C@H]1O2. The fourth-order valence-electron chi connectivity index (χ4n) is 4.45. The molecular formula is C24H26F2N2O6. The van der Waals surface area contributed by atoms with Crippen molar-refractivity contribution in [1.82, 2.24) is 5.32 Å². The van der Waals surface area contributed by atoms with Crippen molar-refractivity contribution in [1.29, 1.82) is 0 Å². The molecule has 0 saturated carbocycles. The van der Waals surface area contributed by atoms with Gasteiger partial charge in [0, 0.05) is 36.4 Å². The van der Waals surface area contributed by atoms with Crippen LogP contribution in [0.1, 0.15) is 29.9 Å². The van der Waals surface area contributed by atoms with Gasteiger partial charge in [-0.3, -0.25) is 9.59 Å². The molecule has 2 heterocycles. The van der Waals surface area contributed by atoms with Crippen molar-refractivity contribution in [3.63, 3.8) is 0 Å². The number of rotatable bonds is 8. The van der Waals surface area contributed by atoms with Crippen LogP contribution in [0.15, 0.2) is 36.4 Å². The molecule has 2 aliphatic rings. The van der Waals surface area contributed by atoms with Crippen LogP contribution in [0.25, 0.3) is 0 Å². The Labute approximate surface area is 195 Å². The van der Waals surface area contributed by atoms with Crippen LogP contribution in [0.4, 0.5) is 14.5 Å². The number of nitrogens with one attached hydrogen (secondary N) is 2. The van der Waals surface area contributed by atoms with E-state index >= 15 is 0 Å². The highest BCUT2D eigenvalue weighted by molar-refractivity contribution is 5.92. The predicted molar refractivity (Wildman–Crippen MR) is 117 cm³/mol. The molecule has 2 aliphatic heterocycles. The third kappa shape index (κ3) is 5.35. The van der Waals surface area contributed by atoms with Crippen LogP contribution in [0.3, 0.4) is 0 Å². The second-order valence-corrected chi connectivity index (χ2v) is 8.35. The van der Waals surface area contributed by atoms with E-state index in [0.717, 1.165) is 23.8 Å². The lowest BCUT2D eigenvalue weighted by Gasteiger charge is -2.37. The summed E-state index contributed by atoms with van der Waals surface area (Å²) in [5.41, 5.74) is 1.49. The Kier molecular flexibility index (Phi) is 7.40. The van der Waals surface area contributed by atoms with Crippen LogP contribution in [-0.4, -0.2) is 55.6 Å². The van der Waals surface area contributed by atoms with Gasteiger partial charge in [-0.2, -0.15) is 0 Å². The number of benzene rings is 2. The van der Waals surface area contributed by atoms with E-state index in [1.807, 2.05) is 6.07 Å². The Morgan fingerprint density at radius 3 is 2.76 bits per heavy atom. The number of methoxy groups -OCH3 is 1. The molecule has 0 spiro atoms. The van der Waals surface area contributed by atoms with E-state index in [1.165, 1.54) is 7.11 Å². The van der Waals surface area contributed by atoms with Crippen molar-refractivity contribution in [2.45, 2.75) is 43.6 Å². The number of carbonyl (C=O) groups excluding carboxylic acids is 2. The van der Waals surface area contributed by atoms with Gasteiger partial charge in [0.2, 0.25) is 11.8 Å². The zero-order valence-corrected chi connectivity index (χ0v) is 18.6. The lowest BCUT2D eigenvalue weighted by atomic mass is 9.84. The van der Waals surface area contributed by atoms with Crippen molar-refractivity contribution in [2.24, 2.45) is 0 Å². The molecule has 2 aromatic carbocycles. The van der Waals surface area contributed by atoms with Crippen molar-refractivity contribution < 1.29 is 37.7 Å². The molecule has 1 saturated heterocycles. The molecule has 0 bridgehead atoms. The Morgan fingerprint density at radius 1 is 1.18 bits per heavy atom. The summed E-state index contributed by atoms with van der Waals surface area (Å²) < 4.78 is 43.9. The van der Waals surface area contributed by atoms with Gasteiger partial charge in [-0.1, -0.05) is 0 Å². The van der Waals surface area contributed by atoms with Crippen LogP contribution in [0.2, 0.25) is 0 Å². The minimum Gasteiger partial charge on any atom is -0.487 e. The monoisotopic (exact) mass is 476 g/mol. The first kappa shape index (κ1) is 24.1. The van der Waals surface area contributed by atoms with Crippen molar-refractivity contribution >= 4 is 17.5 Å². The number of fused-ring (bicyclic) bond motifs is 3. The molecule has 1 fully saturated rings. The number of halogens is 2. The smallest absolute Gasteiger partial charge is 0.250 e. The highest BCUT2D eigenvalue weighted by atomic mass is 19.1. The zero-order valence-electron chi connectivity index (χ0n) is 18.6. The summed E-state index contributed by atoms with van der Waals surface area (Å²) in [4.78, 5) is 24.4. The topological polar surface area (TPSA) is 106 Å². The van der Waals surface area contributed by atoms with Gasteiger partial charge in [0.15, 0.2) is 0 Å². The summed E-state index contributed by atoms with van der Waals surface area (Å²) in [5.74, 6) is -1.39. The first-order chi connectivity index (χ1) is 16.4. The van der Waals surface area contributed by atoms with Gasteiger partial charge in [0.25, 0.3) is 0 Å². The van der Waals surface area contributed by atoms with E-state index in [4.69, 9.17) is 14.2 Å². The number of ether oxygens (including phenoxy) is 3. The number of aliphatic hydroxyl groups is 1. The Hall–Kier alpha value is -3.08. The third-order valence-electron chi connectivity index (χ3n) is 5.96. The highest BCUT2D eigenvalue weighted by Gasteiger charge is 2.46. The summed E-state index contributed by atoms with van der Waals surface area (Å²) >= 11 is 0.